The van der Waals surface area contributed by atoms with E-state index in [1.807, 2.05) is 4.90 Å². The second-order valence-corrected chi connectivity index (χ2v) is 5.45. The molecule has 0 aromatic heterocycles. The van der Waals surface area contributed by atoms with Crippen LogP contribution in [0.5, 0.6) is 5.75 Å². The van der Waals surface area contributed by atoms with Crippen molar-refractivity contribution in [1.82, 2.24) is 4.90 Å². The van der Waals surface area contributed by atoms with Gasteiger partial charge in [0.2, 0.25) is 5.91 Å². The molecule has 1 heterocycles. The summed E-state index contributed by atoms with van der Waals surface area (Å²) in [6.45, 7) is 4.34. The van der Waals surface area contributed by atoms with E-state index in [1.54, 1.807) is 18.2 Å². The second-order valence-electron chi connectivity index (χ2n) is 5.45. The Balaban J connectivity index is 1.66. The lowest BCUT2D eigenvalue weighted by molar-refractivity contribution is -0.132. The van der Waals surface area contributed by atoms with Crippen molar-refractivity contribution in [1.29, 1.82) is 0 Å². The monoisotopic (exact) mass is 279 g/mol. The molecule has 1 saturated heterocycles. The molecular formula is C16H22FNO2. The molecule has 0 bridgehead atoms. The van der Waals surface area contributed by atoms with Gasteiger partial charge in [-0.25, -0.2) is 4.39 Å². The number of amides is 1. The van der Waals surface area contributed by atoms with Crippen molar-refractivity contribution in [3.05, 3.63) is 30.1 Å². The second kappa shape index (κ2) is 7.27. The summed E-state index contributed by atoms with van der Waals surface area (Å²) in [5.74, 6) is 0.813. The largest absolute Gasteiger partial charge is 0.491 e. The van der Waals surface area contributed by atoms with Gasteiger partial charge in [0.05, 0.1) is 6.61 Å². The van der Waals surface area contributed by atoms with Crippen LogP contribution in [0.25, 0.3) is 0 Å². The van der Waals surface area contributed by atoms with E-state index in [0.717, 1.165) is 31.8 Å². The maximum atomic E-state index is 13.3. The van der Waals surface area contributed by atoms with E-state index in [0.29, 0.717) is 19.4 Å². The Morgan fingerprint density at radius 2 is 2.05 bits per heavy atom. The van der Waals surface area contributed by atoms with Crippen molar-refractivity contribution >= 4 is 5.91 Å². The number of hydrogen-bond donors (Lipinski definition) is 0. The minimum atomic E-state index is -0.358. The van der Waals surface area contributed by atoms with E-state index >= 15 is 0 Å². The zero-order chi connectivity index (χ0) is 14.4. The van der Waals surface area contributed by atoms with Gasteiger partial charge in [-0.2, -0.15) is 0 Å². The molecule has 1 fully saturated rings. The van der Waals surface area contributed by atoms with Crippen molar-refractivity contribution in [3.8, 4) is 5.75 Å². The zero-order valence-corrected chi connectivity index (χ0v) is 12.0. The minimum Gasteiger partial charge on any atom is -0.491 e. The molecular weight excluding hydrogens is 257 g/mol. The number of para-hydroxylation sites is 1. The molecule has 1 aromatic carbocycles. The first-order valence-electron chi connectivity index (χ1n) is 7.32. The predicted molar refractivity (Wildman–Crippen MR) is 76.1 cm³/mol. The first kappa shape index (κ1) is 14.8. The van der Waals surface area contributed by atoms with Crippen molar-refractivity contribution in [2.75, 3.05) is 19.7 Å². The van der Waals surface area contributed by atoms with Crippen LogP contribution in [0.1, 0.15) is 32.6 Å². The quantitative estimate of drug-likeness (QED) is 0.774. The van der Waals surface area contributed by atoms with Gasteiger partial charge in [-0.1, -0.05) is 19.1 Å². The van der Waals surface area contributed by atoms with Crippen molar-refractivity contribution in [3.63, 3.8) is 0 Å². The van der Waals surface area contributed by atoms with Gasteiger partial charge in [0.1, 0.15) is 0 Å². The number of likely N-dealkylation sites (tertiary alicyclic amines) is 1. The van der Waals surface area contributed by atoms with Crippen LogP contribution < -0.4 is 4.74 Å². The first-order valence-corrected chi connectivity index (χ1v) is 7.32. The summed E-state index contributed by atoms with van der Waals surface area (Å²) in [5.41, 5.74) is 0. The molecule has 1 aliphatic rings. The molecule has 3 nitrogen and oxygen atoms in total. The maximum Gasteiger partial charge on any atom is 0.222 e. The zero-order valence-electron chi connectivity index (χ0n) is 12.0. The van der Waals surface area contributed by atoms with Crippen LogP contribution in [0, 0.1) is 11.7 Å². The Hall–Kier alpha value is -1.58. The number of ether oxygens (including phenoxy) is 1. The van der Waals surface area contributed by atoms with Crippen LogP contribution >= 0.6 is 0 Å². The van der Waals surface area contributed by atoms with Gasteiger partial charge >= 0.3 is 0 Å². The van der Waals surface area contributed by atoms with Crippen molar-refractivity contribution in [2.24, 2.45) is 5.92 Å². The van der Waals surface area contributed by atoms with Gasteiger partial charge in [0.25, 0.3) is 0 Å². The fourth-order valence-corrected chi connectivity index (χ4v) is 2.38. The Morgan fingerprint density at radius 1 is 1.35 bits per heavy atom. The molecule has 1 aromatic rings. The van der Waals surface area contributed by atoms with Crippen LogP contribution in [0.4, 0.5) is 4.39 Å². The highest BCUT2D eigenvalue weighted by molar-refractivity contribution is 5.76. The lowest BCUT2D eigenvalue weighted by Gasteiger charge is -2.30. The molecule has 0 saturated carbocycles. The van der Waals surface area contributed by atoms with E-state index < -0.39 is 0 Å². The summed E-state index contributed by atoms with van der Waals surface area (Å²) >= 11 is 0. The molecule has 1 amide bonds. The van der Waals surface area contributed by atoms with Gasteiger partial charge in [-0.15, -0.1) is 0 Å². The van der Waals surface area contributed by atoms with Crippen molar-refractivity contribution < 1.29 is 13.9 Å². The van der Waals surface area contributed by atoms with Gasteiger partial charge in [0.15, 0.2) is 11.6 Å². The molecule has 0 atom stereocenters. The van der Waals surface area contributed by atoms with Gasteiger partial charge in [-0.05, 0) is 37.3 Å². The summed E-state index contributed by atoms with van der Waals surface area (Å²) in [6, 6.07) is 6.33. The highest BCUT2D eigenvalue weighted by atomic mass is 19.1. The fourth-order valence-electron chi connectivity index (χ4n) is 2.38. The fraction of sp³-hybridized carbons (Fsp3) is 0.562. The standard InChI is InChI=1S/C16H22FNO2/c1-13-8-10-18(11-9-13)16(19)7-4-12-20-15-6-3-2-5-14(15)17/h2-3,5-6,13H,4,7-12H2,1H3. The Morgan fingerprint density at radius 3 is 2.75 bits per heavy atom. The molecule has 0 unspecified atom stereocenters. The Bertz CT molecular complexity index is 442. The molecule has 4 heteroatoms. The number of carbonyl (C=O) groups is 1. The molecule has 0 radical (unpaired) electrons. The average molecular weight is 279 g/mol. The minimum absolute atomic E-state index is 0.189. The van der Waals surface area contributed by atoms with E-state index in [9.17, 15) is 9.18 Å². The SMILES string of the molecule is CC1CCN(C(=O)CCCOc2ccccc2F)CC1. The number of carbonyl (C=O) groups excluding carboxylic acids is 1. The lowest BCUT2D eigenvalue weighted by Crippen LogP contribution is -2.37. The third-order valence-electron chi connectivity index (χ3n) is 3.77. The average Bonchev–Trinajstić information content (AvgIpc) is 2.46. The lowest BCUT2D eigenvalue weighted by atomic mass is 9.99. The van der Waals surface area contributed by atoms with E-state index in [-0.39, 0.29) is 17.5 Å². The van der Waals surface area contributed by atoms with Crippen molar-refractivity contribution in [2.45, 2.75) is 32.6 Å². The molecule has 0 N–H and O–H groups in total. The summed E-state index contributed by atoms with van der Waals surface area (Å²) in [5, 5.41) is 0. The third kappa shape index (κ3) is 4.22. The van der Waals surface area contributed by atoms with Crippen LogP contribution in [0.3, 0.4) is 0 Å². The van der Waals surface area contributed by atoms with Crippen LogP contribution in [-0.4, -0.2) is 30.5 Å². The highest BCUT2D eigenvalue weighted by Gasteiger charge is 2.19. The summed E-state index contributed by atoms with van der Waals surface area (Å²) in [4.78, 5) is 13.9. The van der Waals surface area contributed by atoms with Crippen LogP contribution in [0.2, 0.25) is 0 Å². The van der Waals surface area contributed by atoms with Gasteiger partial charge in [-0.3, -0.25) is 4.79 Å². The summed E-state index contributed by atoms with van der Waals surface area (Å²) in [6.07, 6.45) is 3.29. The summed E-state index contributed by atoms with van der Waals surface area (Å²) in [7, 11) is 0. The van der Waals surface area contributed by atoms with Crippen LogP contribution in [-0.2, 0) is 4.79 Å². The van der Waals surface area contributed by atoms with E-state index in [2.05, 4.69) is 6.92 Å². The molecule has 0 aliphatic carbocycles. The molecule has 2 rings (SSSR count). The number of rotatable bonds is 5. The smallest absolute Gasteiger partial charge is 0.222 e. The normalized spacial score (nSPS) is 16.2. The predicted octanol–water partition coefficient (Wildman–Crippen LogP) is 3.24. The molecule has 110 valence electrons. The third-order valence-corrected chi connectivity index (χ3v) is 3.77. The molecule has 20 heavy (non-hydrogen) atoms. The van der Waals surface area contributed by atoms with Gasteiger partial charge < -0.3 is 9.64 Å². The number of piperidine rings is 1. The van der Waals surface area contributed by atoms with E-state index in [4.69, 9.17) is 4.74 Å². The summed E-state index contributed by atoms with van der Waals surface area (Å²) < 4.78 is 18.6. The molecule has 1 aliphatic heterocycles. The molecule has 0 spiro atoms. The topological polar surface area (TPSA) is 29.5 Å². The highest BCUT2D eigenvalue weighted by Crippen LogP contribution is 2.18. The number of nitrogens with zero attached hydrogens (tertiary/aromatic N) is 1. The Kier molecular flexibility index (Phi) is 5.39. The first-order chi connectivity index (χ1) is 9.66. The maximum absolute atomic E-state index is 13.3. The number of hydrogen-bond acceptors (Lipinski definition) is 2. The van der Waals surface area contributed by atoms with Gasteiger partial charge in [0, 0.05) is 19.5 Å². The van der Waals surface area contributed by atoms with Crippen LogP contribution in [0.15, 0.2) is 24.3 Å². The number of benzene rings is 1. The van der Waals surface area contributed by atoms with E-state index in [1.165, 1.54) is 6.07 Å². The Labute approximate surface area is 119 Å². The number of halogens is 1.